The van der Waals surface area contributed by atoms with Gasteiger partial charge in [-0.15, -0.1) is 0 Å². The Bertz CT molecular complexity index is 294. The van der Waals surface area contributed by atoms with Crippen molar-refractivity contribution in [3.8, 4) is 5.75 Å². The van der Waals surface area contributed by atoms with Crippen molar-refractivity contribution < 1.29 is 9.90 Å². The van der Waals surface area contributed by atoms with Crippen molar-refractivity contribution in [2.45, 2.75) is 13.8 Å². The number of hydrogen-bond donors (Lipinski definition) is 1. The molecule has 3 heteroatoms. The summed E-state index contributed by atoms with van der Waals surface area (Å²) in [4.78, 5) is 14.7. The summed E-state index contributed by atoms with van der Waals surface area (Å²) in [5.74, 6) is -0.269. The van der Waals surface area contributed by atoms with Crippen LogP contribution in [0.3, 0.4) is 0 Å². The predicted molar refractivity (Wildman–Crippen MR) is 40.6 cm³/mol. The van der Waals surface area contributed by atoms with Crippen molar-refractivity contribution >= 4 is 5.78 Å². The lowest BCUT2D eigenvalue weighted by Gasteiger charge is -1.99. The third-order valence-corrected chi connectivity index (χ3v) is 1.35. The maximum absolute atomic E-state index is 10.8. The summed E-state index contributed by atoms with van der Waals surface area (Å²) < 4.78 is 0. The molecule has 0 radical (unpaired) electrons. The number of rotatable bonds is 1. The number of hydrogen-bond acceptors (Lipinski definition) is 3. The lowest BCUT2D eigenvalue weighted by molar-refractivity contribution is 0.101. The molecule has 1 aromatic rings. The number of nitrogens with zero attached hydrogens (tertiary/aromatic N) is 1. The molecular weight excluding hydrogens is 142 g/mol. The Morgan fingerprint density at radius 3 is 2.64 bits per heavy atom. The zero-order valence-electron chi connectivity index (χ0n) is 6.46. The lowest BCUT2D eigenvalue weighted by Crippen LogP contribution is -1.98. The molecular formula is C8H9NO2. The van der Waals surface area contributed by atoms with E-state index in [1.807, 2.05) is 0 Å². The molecule has 0 unspecified atom stereocenters. The van der Waals surface area contributed by atoms with Gasteiger partial charge in [-0.3, -0.25) is 4.79 Å². The van der Waals surface area contributed by atoms with Crippen LogP contribution in [-0.2, 0) is 0 Å². The largest absolute Gasteiger partial charge is 0.506 e. The van der Waals surface area contributed by atoms with Gasteiger partial charge in [-0.25, -0.2) is 4.98 Å². The second kappa shape index (κ2) is 2.70. The van der Waals surface area contributed by atoms with Crippen LogP contribution in [0, 0.1) is 6.92 Å². The molecule has 0 aliphatic rings. The van der Waals surface area contributed by atoms with Gasteiger partial charge in [0.15, 0.2) is 5.78 Å². The number of aromatic hydroxyl groups is 1. The van der Waals surface area contributed by atoms with Crippen LogP contribution in [0.2, 0.25) is 0 Å². The normalized spacial score (nSPS) is 9.64. The second-order valence-electron chi connectivity index (χ2n) is 2.38. The molecule has 0 aliphatic carbocycles. The van der Waals surface area contributed by atoms with E-state index in [-0.39, 0.29) is 17.2 Å². The molecule has 1 rings (SSSR count). The van der Waals surface area contributed by atoms with Crippen molar-refractivity contribution in [3.05, 3.63) is 23.5 Å². The third-order valence-electron chi connectivity index (χ3n) is 1.35. The minimum atomic E-state index is -0.216. The highest BCUT2D eigenvalue weighted by molar-refractivity contribution is 5.94. The Hall–Kier alpha value is -1.38. The number of carbonyl (C=O) groups is 1. The zero-order chi connectivity index (χ0) is 8.43. The zero-order valence-corrected chi connectivity index (χ0v) is 6.46. The smallest absolute Gasteiger partial charge is 0.181 e. The van der Waals surface area contributed by atoms with E-state index >= 15 is 0 Å². The molecule has 0 saturated carbocycles. The fraction of sp³-hybridized carbons (Fsp3) is 0.250. The quantitative estimate of drug-likeness (QED) is 0.615. The van der Waals surface area contributed by atoms with Gasteiger partial charge < -0.3 is 5.11 Å². The van der Waals surface area contributed by atoms with Gasteiger partial charge in [-0.1, -0.05) is 0 Å². The topological polar surface area (TPSA) is 50.2 Å². The number of carbonyl (C=O) groups excluding carboxylic acids is 1. The van der Waals surface area contributed by atoms with Gasteiger partial charge in [0.25, 0.3) is 0 Å². The molecule has 1 heterocycles. The van der Waals surface area contributed by atoms with E-state index in [9.17, 15) is 4.79 Å². The maximum Gasteiger partial charge on any atom is 0.181 e. The summed E-state index contributed by atoms with van der Waals surface area (Å²) >= 11 is 0. The van der Waals surface area contributed by atoms with Gasteiger partial charge >= 0.3 is 0 Å². The lowest BCUT2D eigenvalue weighted by atomic mass is 10.2. The highest BCUT2D eigenvalue weighted by atomic mass is 16.3. The highest BCUT2D eigenvalue weighted by Crippen LogP contribution is 2.14. The molecule has 1 N–H and O–H groups in total. The summed E-state index contributed by atoms with van der Waals surface area (Å²) in [5, 5.41) is 9.12. The first kappa shape index (κ1) is 7.72. The van der Waals surface area contributed by atoms with E-state index in [0.29, 0.717) is 0 Å². The number of Topliss-reactive ketones (excluding diaryl/α,β-unsaturated/α-hetero) is 1. The van der Waals surface area contributed by atoms with Gasteiger partial charge in [0.2, 0.25) is 0 Å². The second-order valence-corrected chi connectivity index (χ2v) is 2.38. The number of aryl methyl sites for hydroxylation is 1. The Morgan fingerprint density at radius 2 is 2.18 bits per heavy atom. The maximum atomic E-state index is 10.8. The average molecular weight is 151 g/mol. The molecule has 0 saturated heterocycles. The molecule has 0 bridgehead atoms. The van der Waals surface area contributed by atoms with Crippen molar-refractivity contribution in [1.29, 1.82) is 0 Å². The van der Waals surface area contributed by atoms with Crippen LogP contribution in [0.4, 0.5) is 0 Å². The van der Waals surface area contributed by atoms with E-state index in [0.717, 1.165) is 5.69 Å². The monoisotopic (exact) mass is 151 g/mol. The Balaban J connectivity index is 3.23. The number of aromatic nitrogens is 1. The summed E-state index contributed by atoms with van der Waals surface area (Å²) in [6.07, 6.45) is 0. The number of ketones is 1. The van der Waals surface area contributed by atoms with E-state index in [1.54, 1.807) is 13.0 Å². The first-order chi connectivity index (χ1) is 5.11. The van der Waals surface area contributed by atoms with E-state index in [2.05, 4.69) is 4.98 Å². The van der Waals surface area contributed by atoms with Crippen LogP contribution in [-0.4, -0.2) is 15.9 Å². The first-order valence-electron chi connectivity index (χ1n) is 3.29. The Kier molecular flexibility index (Phi) is 1.89. The molecule has 1 aromatic heterocycles. The van der Waals surface area contributed by atoms with Crippen LogP contribution >= 0.6 is 0 Å². The third kappa shape index (κ3) is 1.55. The standard InChI is InChI=1S/C8H9NO2/c1-5-3-4-7(11)8(9-5)6(2)10/h3-4,11H,1-2H3. The van der Waals surface area contributed by atoms with Crippen LogP contribution < -0.4 is 0 Å². The SMILES string of the molecule is CC(=O)c1nc(C)ccc1O. The van der Waals surface area contributed by atoms with Gasteiger partial charge in [-0.05, 0) is 19.1 Å². The predicted octanol–water partition coefficient (Wildman–Crippen LogP) is 1.30. The molecule has 58 valence electrons. The van der Waals surface area contributed by atoms with E-state index in [1.165, 1.54) is 13.0 Å². The first-order valence-corrected chi connectivity index (χ1v) is 3.29. The van der Waals surface area contributed by atoms with Crippen LogP contribution in [0.5, 0.6) is 5.75 Å². The molecule has 11 heavy (non-hydrogen) atoms. The van der Waals surface area contributed by atoms with Crippen molar-refractivity contribution in [1.82, 2.24) is 4.98 Å². The van der Waals surface area contributed by atoms with Crippen molar-refractivity contribution in [2.24, 2.45) is 0 Å². The molecule has 0 atom stereocenters. The minimum Gasteiger partial charge on any atom is -0.506 e. The van der Waals surface area contributed by atoms with E-state index < -0.39 is 0 Å². The van der Waals surface area contributed by atoms with E-state index in [4.69, 9.17) is 5.11 Å². The summed E-state index contributed by atoms with van der Waals surface area (Å²) in [5.41, 5.74) is 0.873. The van der Waals surface area contributed by atoms with Crippen LogP contribution in [0.1, 0.15) is 23.1 Å². The van der Waals surface area contributed by atoms with Crippen LogP contribution in [0.15, 0.2) is 12.1 Å². The number of pyridine rings is 1. The van der Waals surface area contributed by atoms with Crippen molar-refractivity contribution in [2.75, 3.05) is 0 Å². The van der Waals surface area contributed by atoms with Gasteiger partial charge in [0, 0.05) is 12.6 Å². The summed E-state index contributed by atoms with van der Waals surface area (Å²) in [6, 6.07) is 3.13. The molecule has 0 aliphatic heterocycles. The summed E-state index contributed by atoms with van der Waals surface area (Å²) in [6.45, 7) is 3.15. The minimum absolute atomic E-state index is 0.0527. The van der Waals surface area contributed by atoms with Crippen molar-refractivity contribution in [3.63, 3.8) is 0 Å². The molecule has 0 fully saturated rings. The van der Waals surface area contributed by atoms with Gasteiger partial charge in [-0.2, -0.15) is 0 Å². The van der Waals surface area contributed by atoms with Crippen LogP contribution in [0.25, 0.3) is 0 Å². The fourth-order valence-corrected chi connectivity index (χ4v) is 0.808. The van der Waals surface area contributed by atoms with Gasteiger partial charge in [0.1, 0.15) is 11.4 Å². The summed E-state index contributed by atoms with van der Waals surface area (Å²) in [7, 11) is 0. The Labute approximate surface area is 64.7 Å². The highest BCUT2D eigenvalue weighted by Gasteiger charge is 2.06. The molecule has 3 nitrogen and oxygen atoms in total. The fourth-order valence-electron chi connectivity index (χ4n) is 0.808. The molecule has 0 spiro atoms. The Morgan fingerprint density at radius 1 is 1.55 bits per heavy atom. The molecule has 0 aromatic carbocycles. The average Bonchev–Trinajstić information content (AvgIpc) is 1.94. The molecule has 0 amide bonds. The van der Waals surface area contributed by atoms with Gasteiger partial charge in [0.05, 0.1) is 0 Å².